The van der Waals surface area contributed by atoms with Crippen molar-refractivity contribution in [3.63, 3.8) is 0 Å². The van der Waals surface area contributed by atoms with Crippen LogP contribution in [0.25, 0.3) is 0 Å². The Bertz CT molecular complexity index is 915. The summed E-state index contributed by atoms with van der Waals surface area (Å²) in [5, 5.41) is 3.01. The molecular weight excluding hydrogens is 331 g/mol. The van der Waals surface area contributed by atoms with E-state index in [0.717, 1.165) is 5.56 Å². The Morgan fingerprint density at radius 2 is 1.85 bits per heavy atom. The Morgan fingerprint density at radius 3 is 2.58 bits per heavy atom. The number of rotatable bonds is 5. The van der Waals surface area contributed by atoms with Crippen LogP contribution >= 0.6 is 0 Å². The van der Waals surface area contributed by atoms with Crippen LogP contribution in [0.2, 0.25) is 0 Å². The number of carbonyl (C=O) groups excluding carboxylic acids is 1. The number of aromatic nitrogens is 2. The number of nitrogens with one attached hydrogen (secondary N) is 1. The van der Waals surface area contributed by atoms with Crippen molar-refractivity contribution in [3.05, 3.63) is 83.6 Å². The molecule has 0 bridgehead atoms. The van der Waals surface area contributed by atoms with Gasteiger partial charge < -0.3 is 10.2 Å². The van der Waals surface area contributed by atoms with E-state index in [-0.39, 0.29) is 17.4 Å². The van der Waals surface area contributed by atoms with Crippen molar-refractivity contribution in [1.29, 1.82) is 0 Å². The molecule has 0 atom stereocenters. The average molecular weight is 350 g/mol. The molecule has 2 aromatic carbocycles. The highest BCUT2D eigenvalue weighted by Gasteiger charge is 2.15. The molecule has 0 radical (unpaired) electrons. The van der Waals surface area contributed by atoms with Crippen LogP contribution in [0.15, 0.2) is 60.7 Å². The first kappa shape index (κ1) is 17.5. The molecule has 3 aromatic rings. The number of benzene rings is 2. The molecule has 5 nitrogen and oxygen atoms in total. The summed E-state index contributed by atoms with van der Waals surface area (Å²) >= 11 is 0. The van der Waals surface area contributed by atoms with Crippen LogP contribution < -0.4 is 5.32 Å². The first-order valence-electron chi connectivity index (χ1n) is 8.19. The highest BCUT2D eigenvalue weighted by atomic mass is 19.1. The lowest BCUT2D eigenvalue weighted by molar-refractivity contribution is 0.0779. The maximum Gasteiger partial charge on any atom is 0.272 e. The van der Waals surface area contributed by atoms with Gasteiger partial charge in [-0.3, -0.25) is 4.79 Å². The Balaban J connectivity index is 1.79. The summed E-state index contributed by atoms with van der Waals surface area (Å²) < 4.78 is 13.3. The number of aryl methyl sites for hydroxylation is 1. The van der Waals surface area contributed by atoms with E-state index in [1.807, 2.05) is 30.3 Å². The van der Waals surface area contributed by atoms with E-state index in [1.165, 1.54) is 12.1 Å². The number of nitrogens with zero attached hydrogens (tertiary/aromatic N) is 3. The van der Waals surface area contributed by atoms with Gasteiger partial charge in [-0.25, -0.2) is 14.4 Å². The molecule has 0 saturated heterocycles. The first-order chi connectivity index (χ1) is 12.5. The van der Waals surface area contributed by atoms with E-state index in [2.05, 4.69) is 15.3 Å². The van der Waals surface area contributed by atoms with Gasteiger partial charge in [0.1, 0.15) is 23.2 Å². The fraction of sp³-hybridized carbons (Fsp3) is 0.150. The maximum absolute atomic E-state index is 13.3. The monoisotopic (exact) mass is 350 g/mol. The van der Waals surface area contributed by atoms with Crippen molar-refractivity contribution in [2.24, 2.45) is 0 Å². The van der Waals surface area contributed by atoms with Gasteiger partial charge in [-0.2, -0.15) is 0 Å². The molecule has 1 heterocycles. The second kappa shape index (κ2) is 7.74. The zero-order chi connectivity index (χ0) is 18.5. The summed E-state index contributed by atoms with van der Waals surface area (Å²) in [4.78, 5) is 22.8. The van der Waals surface area contributed by atoms with Gasteiger partial charge in [0.25, 0.3) is 5.91 Å². The Morgan fingerprint density at radius 1 is 1.08 bits per heavy atom. The first-order valence-corrected chi connectivity index (χ1v) is 8.19. The number of amides is 1. The fourth-order valence-corrected chi connectivity index (χ4v) is 2.58. The SMILES string of the molecule is Cc1nc(Nc2cccc(F)c2)cc(C(=O)N(C)Cc2ccccc2)n1. The molecule has 0 saturated carbocycles. The maximum atomic E-state index is 13.3. The zero-order valence-corrected chi connectivity index (χ0v) is 14.6. The Kier molecular flexibility index (Phi) is 5.22. The second-order valence-corrected chi connectivity index (χ2v) is 5.97. The third-order valence-electron chi connectivity index (χ3n) is 3.76. The molecule has 0 spiro atoms. The standard InChI is InChI=1S/C20H19FN4O/c1-14-22-18(20(26)25(2)13-15-7-4-3-5-8-15)12-19(23-14)24-17-10-6-9-16(21)11-17/h3-12H,13H2,1-2H3,(H,22,23,24). The Labute approximate surface area is 151 Å². The molecule has 0 unspecified atom stereocenters. The van der Waals surface area contributed by atoms with Crippen molar-refractivity contribution >= 4 is 17.4 Å². The van der Waals surface area contributed by atoms with Gasteiger partial charge in [-0.15, -0.1) is 0 Å². The predicted molar refractivity (Wildman–Crippen MR) is 98.7 cm³/mol. The van der Waals surface area contributed by atoms with Gasteiger partial charge in [0.2, 0.25) is 0 Å². The largest absolute Gasteiger partial charge is 0.340 e. The van der Waals surface area contributed by atoms with Crippen LogP contribution in [0.4, 0.5) is 15.9 Å². The van der Waals surface area contributed by atoms with Crippen molar-refractivity contribution in [3.8, 4) is 0 Å². The van der Waals surface area contributed by atoms with E-state index < -0.39 is 0 Å². The van der Waals surface area contributed by atoms with Gasteiger partial charge in [-0.1, -0.05) is 36.4 Å². The van der Waals surface area contributed by atoms with Crippen LogP contribution in [0, 0.1) is 12.7 Å². The molecule has 0 aliphatic rings. The molecule has 0 aliphatic carbocycles. The van der Waals surface area contributed by atoms with Gasteiger partial charge in [-0.05, 0) is 30.7 Å². The highest BCUT2D eigenvalue weighted by molar-refractivity contribution is 5.93. The van der Waals surface area contributed by atoms with Crippen LogP contribution in [0.5, 0.6) is 0 Å². The van der Waals surface area contributed by atoms with Gasteiger partial charge in [0, 0.05) is 25.3 Å². The number of hydrogen-bond donors (Lipinski definition) is 1. The molecule has 1 N–H and O–H groups in total. The summed E-state index contributed by atoms with van der Waals surface area (Å²) in [6.45, 7) is 2.19. The quantitative estimate of drug-likeness (QED) is 0.757. The molecule has 26 heavy (non-hydrogen) atoms. The predicted octanol–water partition coefficient (Wildman–Crippen LogP) is 3.94. The Hall–Kier alpha value is -3.28. The molecular formula is C20H19FN4O. The molecule has 6 heteroatoms. The van der Waals surface area contributed by atoms with Crippen LogP contribution in [-0.2, 0) is 6.54 Å². The normalized spacial score (nSPS) is 10.4. The third-order valence-corrected chi connectivity index (χ3v) is 3.76. The number of halogens is 1. The molecule has 0 fully saturated rings. The summed E-state index contributed by atoms with van der Waals surface area (Å²) in [5.41, 5.74) is 1.88. The lowest BCUT2D eigenvalue weighted by Gasteiger charge is -2.17. The molecule has 3 rings (SSSR count). The molecule has 132 valence electrons. The van der Waals surface area contributed by atoms with Crippen molar-refractivity contribution in [2.45, 2.75) is 13.5 Å². The van der Waals surface area contributed by atoms with E-state index in [0.29, 0.717) is 23.9 Å². The second-order valence-electron chi connectivity index (χ2n) is 5.97. The molecule has 1 aromatic heterocycles. The summed E-state index contributed by atoms with van der Waals surface area (Å²) in [7, 11) is 1.73. The van der Waals surface area contributed by atoms with Gasteiger partial charge in [0.05, 0.1) is 0 Å². The minimum absolute atomic E-state index is 0.207. The topological polar surface area (TPSA) is 58.1 Å². The van der Waals surface area contributed by atoms with Crippen molar-refractivity contribution in [1.82, 2.24) is 14.9 Å². The lowest BCUT2D eigenvalue weighted by Crippen LogP contribution is -2.27. The number of hydrogen-bond acceptors (Lipinski definition) is 4. The minimum Gasteiger partial charge on any atom is -0.340 e. The number of anilines is 2. The van der Waals surface area contributed by atoms with Crippen molar-refractivity contribution in [2.75, 3.05) is 12.4 Å². The third kappa shape index (κ3) is 4.42. The zero-order valence-electron chi connectivity index (χ0n) is 14.6. The summed E-state index contributed by atoms with van der Waals surface area (Å²) in [5.74, 6) is 0.351. The van der Waals surface area contributed by atoms with Crippen LogP contribution in [-0.4, -0.2) is 27.8 Å². The minimum atomic E-state index is -0.348. The number of carbonyl (C=O) groups is 1. The average Bonchev–Trinajstić information content (AvgIpc) is 2.61. The van der Waals surface area contributed by atoms with Crippen LogP contribution in [0.3, 0.4) is 0 Å². The van der Waals surface area contributed by atoms with Crippen molar-refractivity contribution < 1.29 is 9.18 Å². The summed E-state index contributed by atoms with van der Waals surface area (Å²) in [6, 6.07) is 17.4. The lowest BCUT2D eigenvalue weighted by atomic mass is 10.2. The van der Waals surface area contributed by atoms with Crippen LogP contribution in [0.1, 0.15) is 21.9 Å². The smallest absolute Gasteiger partial charge is 0.272 e. The highest BCUT2D eigenvalue weighted by Crippen LogP contribution is 2.17. The van der Waals surface area contributed by atoms with E-state index in [1.54, 1.807) is 37.1 Å². The van der Waals surface area contributed by atoms with E-state index in [9.17, 15) is 9.18 Å². The van der Waals surface area contributed by atoms with E-state index >= 15 is 0 Å². The van der Waals surface area contributed by atoms with Gasteiger partial charge in [0.15, 0.2) is 0 Å². The molecule has 0 aliphatic heterocycles. The summed E-state index contributed by atoms with van der Waals surface area (Å²) in [6.07, 6.45) is 0. The fourth-order valence-electron chi connectivity index (χ4n) is 2.58. The van der Waals surface area contributed by atoms with Gasteiger partial charge >= 0.3 is 0 Å². The molecule has 1 amide bonds. The van der Waals surface area contributed by atoms with E-state index in [4.69, 9.17) is 0 Å².